The molecule has 0 bridgehead atoms. The van der Waals surface area contributed by atoms with Crippen LogP contribution in [0.4, 0.5) is 0 Å². The molecule has 0 radical (unpaired) electrons. The molecule has 0 saturated carbocycles. The average Bonchev–Trinajstić information content (AvgIpc) is 2.89. The largest absolute Gasteiger partial charge is 0.256 e. The molecule has 0 aliphatic heterocycles. The lowest BCUT2D eigenvalue weighted by atomic mass is 9.81. The van der Waals surface area contributed by atoms with E-state index in [0.29, 0.717) is 0 Å². The standard InChI is InChI=1S/C25H20ClN/c1-15-12-17(24-19-9-8-18(26)13-16(19)10-11-27-24)14-22-23(15)20-6-4-5-7-21(20)25(22,2)3/h4-14H,1-3H3. The Bertz CT molecular complexity index is 1220. The number of hydrogen-bond donors (Lipinski definition) is 0. The van der Waals surface area contributed by atoms with Crippen molar-refractivity contribution in [3.05, 3.63) is 88.6 Å². The van der Waals surface area contributed by atoms with Gasteiger partial charge in [0, 0.05) is 27.6 Å². The van der Waals surface area contributed by atoms with E-state index in [4.69, 9.17) is 16.6 Å². The predicted octanol–water partition coefficient (Wildman–Crippen LogP) is 7.17. The number of hydrogen-bond acceptors (Lipinski definition) is 1. The van der Waals surface area contributed by atoms with E-state index in [0.717, 1.165) is 21.5 Å². The first-order chi connectivity index (χ1) is 13.0. The van der Waals surface area contributed by atoms with Crippen LogP contribution in [-0.2, 0) is 5.41 Å². The summed E-state index contributed by atoms with van der Waals surface area (Å²) in [7, 11) is 0. The summed E-state index contributed by atoms with van der Waals surface area (Å²) in [5.41, 5.74) is 8.99. The van der Waals surface area contributed by atoms with Crippen LogP contribution >= 0.6 is 11.6 Å². The molecule has 1 aliphatic rings. The monoisotopic (exact) mass is 369 g/mol. The van der Waals surface area contributed by atoms with E-state index in [9.17, 15) is 0 Å². The van der Waals surface area contributed by atoms with Crippen LogP contribution in [0.1, 0.15) is 30.5 Å². The highest BCUT2D eigenvalue weighted by atomic mass is 35.5. The number of rotatable bonds is 1. The Labute approximate surface area is 164 Å². The molecule has 1 aromatic heterocycles. The molecule has 0 unspecified atom stereocenters. The van der Waals surface area contributed by atoms with Gasteiger partial charge >= 0.3 is 0 Å². The zero-order valence-corrected chi connectivity index (χ0v) is 16.4. The second kappa shape index (κ2) is 5.68. The predicted molar refractivity (Wildman–Crippen MR) is 114 cm³/mol. The van der Waals surface area contributed by atoms with Crippen LogP contribution in [0.3, 0.4) is 0 Å². The molecule has 2 heteroatoms. The maximum absolute atomic E-state index is 6.19. The first kappa shape index (κ1) is 16.5. The number of nitrogens with zero attached hydrogens (tertiary/aromatic N) is 1. The molecule has 0 spiro atoms. The Hall–Kier alpha value is -2.64. The van der Waals surface area contributed by atoms with Crippen LogP contribution in [0.25, 0.3) is 33.2 Å². The van der Waals surface area contributed by atoms with Gasteiger partial charge in [0.1, 0.15) is 0 Å². The molecule has 0 saturated heterocycles. The highest BCUT2D eigenvalue weighted by Crippen LogP contribution is 2.51. The number of benzene rings is 3. The van der Waals surface area contributed by atoms with Gasteiger partial charge in [0.15, 0.2) is 0 Å². The lowest BCUT2D eigenvalue weighted by Crippen LogP contribution is -2.15. The molecule has 27 heavy (non-hydrogen) atoms. The van der Waals surface area contributed by atoms with E-state index in [-0.39, 0.29) is 5.41 Å². The van der Waals surface area contributed by atoms with Crippen LogP contribution in [0.15, 0.2) is 66.9 Å². The van der Waals surface area contributed by atoms with Crippen molar-refractivity contribution in [1.29, 1.82) is 0 Å². The smallest absolute Gasteiger partial charge is 0.0780 e. The lowest BCUT2D eigenvalue weighted by molar-refractivity contribution is 0.660. The van der Waals surface area contributed by atoms with E-state index in [1.165, 1.54) is 33.4 Å². The molecule has 0 atom stereocenters. The van der Waals surface area contributed by atoms with Crippen LogP contribution in [0, 0.1) is 6.92 Å². The van der Waals surface area contributed by atoms with Gasteiger partial charge in [-0.3, -0.25) is 4.98 Å². The summed E-state index contributed by atoms with van der Waals surface area (Å²) in [4.78, 5) is 4.73. The first-order valence-electron chi connectivity index (χ1n) is 9.26. The Morgan fingerprint density at radius 1 is 0.889 bits per heavy atom. The lowest BCUT2D eigenvalue weighted by Gasteiger charge is -2.22. The van der Waals surface area contributed by atoms with Crippen molar-refractivity contribution in [3.63, 3.8) is 0 Å². The molecule has 0 amide bonds. The minimum absolute atomic E-state index is 0.0133. The molecule has 0 fully saturated rings. The van der Waals surface area contributed by atoms with Gasteiger partial charge in [-0.1, -0.05) is 55.8 Å². The Morgan fingerprint density at radius 3 is 2.56 bits per heavy atom. The van der Waals surface area contributed by atoms with Gasteiger partial charge in [0.05, 0.1) is 5.69 Å². The fraction of sp³-hybridized carbons (Fsp3) is 0.160. The second-order valence-corrected chi connectivity index (χ2v) is 8.35. The van der Waals surface area contributed by atoms with E-state index < -0.39 is 0 Å². The molecule has 4 aromatic rings. The van der Waals surface area contributed by atoms with Crippen LogP contribution in [0.2, 0.25) is 5.02 Å². The van der Waals surface area contributed by atoms with E-state index in [1.54, 1.807) is 0 Å². The quantitative estimate of drug-likeness (QED) is 0.346. The maximum Gasteiger partial charge on any atom is 0.0780 e. The van der Waals surface area contributed by atoms with Gasteiger partial charge in [-0.05, 0) is 70.5 Å². The summed E-state index contributed by atoms with van der Waals surface area (Å²) in [5, 5.41) is 3.00. The first-order valence-corrected chi connectivity index (χ1v) is 9.64. The number of aromatic nitrogens is 1. The molecule has 1 nitrogen and oxygen atoms in total. The summed E-state index contributed by atoms with van der Waals surface area (Å²) >= 11 is 6.19. The summed E-state index contributed by atoms with van der Waals surface area (Å²) in [6.45, 7) is 6.84. The number of pyridine rings is 1. The molecule has 5 rings (SSSR count). The highest BCUT2D eigenvalue weighted by Gasteiger charge is 2.36. The summed E-state index contributed by atoms with van der Waals surface area (Å²) in [6.07, 6.45) is 1.87. The third-order valence-electron chi connectivity index (χ3n) is 5.88. The van der Waals surface area contributed by atoms with Crippen molar-refractivity contribution in [3.8, 4) is 22.4 Å². The molecule has 1 aliphatic carbocycles. The fourth-order valence-electron chi connectivity index (χ4n) is 4.54. The van der Waals surface area contributed by atoms with E-state index in [1.807, 2.05) is 24.4 Å². The number of aryl methyl sites for hydroxylation is 1. The Balaban J connectivity index is 1.79. The van der Waals surface area contributed by atoms with Crippen molar-refractivity contribution in [2.45, 2.75) is 26.2 Å². The van der Waals surface area contributed by atoms with Gasteiger partial charge < -0.3 is 0 Å². The van der Waals surface area contributed by atoms with Gasteiger partial charge in [-0.2, -0.15) is 0 Å². The van der Waals surface area contributed by atoms with Crippen molar-refractivity contribution < 1.29 is 0 Å². The van der Waals surface area contributed by atoms with Gasteiger partial charge in [0.2, 0.25) is 0 Å². The summed E-state index contributed by atoms with van der Waals surface area (Å²) in [6, 6.07) is 21.4. The zero-order valence-electron chi connectivity index (χ0n) is 15.7. The van der Waals surface area contributed by atoms with Crippen molar-refractivity contribution in [1.82, 2.24) is 4.98 Å². The van der Waals surface area contributed by atoms with Crippen LogP contribution in [0.5, 0.6) is 0 Å². The minimum atomic E-state index is -0.0133. The average molecular weight is 370 g/mol. The van der Waals surface area contributed by atoms with E-state index in [2.05, 4.69) is 63.2 Å². The minimum Gasteiger partial charge on any atom is -0.256 e. The van der Waals surface area contributed by atoms with Crippen molar-refractivity contribution >= 4 is 22.4 Å². The topological polar surface area (TPSA) is 12.9 Å². The molecular formula is C25H20ClN. The normalized spacial score (nSPS) is 14.2. The van der Waals surface area contributed by atoms with Crippen LogP contribution in [-0.4, -0.2) is 4.98 Å². The van der Waals surface area contributed by atoms with Gasteiger partial charge in [0.25, 0.3) is 0 Å². The second-order valence-electron chi connectivity index (χ2n) is 7.91. The third-order valence-corrected chi connectivity index (χ3v) is 6.11. The Morgan fingerprint density at radius 2 is 1.70 bits per heavy atom. The molecule has 3 aromatic carbocycles. The van der Waals surface area contributed by atoms with Crippen molar-refractivity contribution in [2.75, 3.05) is 0 Å². The van der Waals surface area contributed by atoms with Crippen molar-refractivity contribution in [2.24, 2.45) is 0 Å². The zero-order chi connectivity index (χ0) is 18.8. The fourth-order valence-corrected chi connectivity index (χ4v) is 4.72. The van der Waals surface area contributed by atoms with Gasteiger partial charge in [-0.15, -0.1) is 0 Å². The van der Waals surface area contributed by atoms with Gasteiger partial charge in [-0.25, -0.2) is 0 Å². The summed E-state index contributed by atoms with van der Waals surface area (Å²) in [5.74, 6) is 0. The highest BCUT2D eigenvalue weighted by molar-refractivity contribution is 6.31. The third kappa shape index (κ3) is 2.35. The molecular weight excluding hydrogens is 350 g/mol. The SMILES string of the molecule is Cc1cc(-c2nccc3cc(Cl)ccc23)cc2c1-c1ccccc1C2(C)C. The molecule has 1 heterocycles. The summed E-state index contributed by atoms with van der Waals surface area (Å²) < 4.78 is 0. The molecule has 132 valence electrons. The van der Waals surface area contributed by atoms with Crippen LogP contribution < -0.4 is 0 Å². The Kier molecular flexibility index (Phi) is 3.47. The maximum atomic E-state index is 6.19. The molecule has 0 N–H and O–H groups in total. The number of halogens is 1. The van der Waals surface area contributed by atoms with E-state index >= 15 is 0 Å². The number of fused-ring (bicyclic) bond motifs is 4.